The number of quaternary nitrogens is 1. The number of hydrogen-bond donors (Lipinski definition) is 2. The summed E-state index contributed by atoms with van der Waals surface area (Å²) in [6.07, 6.45) is 5.58. The van der Waals surface area contributed by atoms with E-state index in [0.717, 1.165) is 38.8 Å². The summed E-state index contributed by atoms with van der Waals surface area (Å²) in [7, 11) is 1.70. The molecule has 5 heteroatoms. The fourth-order valence-corrected chi connectivity index (χ4v) is 5.00. The van der Waals surface area contributed by atoms with Crippen LogP contribution in [-0.4, -0.2) is 50.1 Å². The van der Waals surface area contributed by atoms with E-state index >= 15 is 0 Å². The van der Waals surface area contributed by atoms with Crippen molar-refractivity contribution in [3.8, 4) is 0 Å². The Bertz CT molecular complexity index is 506. The Labute approximate surface area is 144 Å². The van der Waals surface area contributed by atoms with Crippen molar-refractivity contribution in [1.29, 1.82) is 0 Å². The van der Waals surface area contributed by atoms with Crippen LogP contribution in [0.4, 0.5) is 0 Å². The lowest BCUT2D eigenvalue weighted by molar-refractivity contribution is -0.660. The molecule has 2 aliphatic carbocycles. The lowest BCUT2D eigenvalue weighted by atomic mass is 9.55. The van der Waals surface area contributed by atoms with E-state index in [0.29, 0.717) is 12.5 Å². The third kappa shape index (κ3) is 2.91. The third-order valence-corrected chi connectivity index (χ3v) is 6.75. The lowest BCUT2D eigenvalue weighted by Crippen LogP contribution is -2.86. The molecule has 0 aromatic carbocycles. The van der Waals surface area contributed by atoms with Gasteiger partial charge in [-0.1, -0.05) is 25.5 Å². The molecule has 3 N–H and O–H groups in total. The zero-order chi connectivity index (χ0) is 17.3. The molecule has 0 aromatic rings. The van der Waals surface area contributed by atoms with Crippen molar-refractivity contribution in [2.45, 2.75) is 51.7 Å². The number of hydrogen-bond acceptors (Lipinski definition) is 4. The van der Waals surface area contributed by atoms with Crippen LogP contribution in [0.5, 0.6) is 0 Å². The van der Waals surface area contributed by atoms with Crippen molar-refractivity contribution in [1.82, 2.24) is 0 Å². The van der Waals surface area contributed by atoms with Crippen LogP contribution in [0.15, 0.2) is 11.6 Å². The molecule has 0 spiro atoms. The van der Waals surface area contributed by atoms with Gasteiger partial charge in [-0.25, -0.2) is 0 Å². The molecule has 1 heterocycles. The number of rotatable bonds is 6. The summed E-state index contributed by atoms with van der Waals surface area (Å²) in [4.78, 5) is 12.4. The maximum Gasteiger partial charge on any atom is 0.315 e. The van der Waals surface area contributed by atoms with Crippen LogP contribution >= 0.6 is 0 Å². The number of ether oxygens (including phenoxy) is 2. The highest BCUT2D eigenvalue weighted by molar-refractivity contribution is 5.76. The second kappa shape index (κ2) is 7.14. The fraction of sp³-hybridized carbons (Fsp3) is 0.842. The molecule has 0 unspecified atom stereocenters. The quantitative estimate of drug-likeness (QED) is 0.428. The number of esters is 1. The van der Waals surface area contributed by atoms with E-state index in [4.69, 9.17) is 9.47 Å². The van der Waals surface area contributed by atoms with Gasteiger partial charge in [-0.05, 0) is 18.8 Å². The van der Waals surface area contributed by atoms with Gasteiger partial charge >= 0.3 is 5.97 Å². The van der Waals surface area contributed by atoms with Crippen molar-refractivity contribution in [2.24, 2.45) is 23.2 Å². The molecule has 0 bridgehead atoms. The number of aliphatic hydroxyl groups is 1. The van der Waals surface area contributed by atoms with Gasteiger partial charge < -0.3 is 19.9 Å². The zero-order valence-electron chi connectivity index (χ0n) is 15.2. The molecule has 6 atom stereocenters. The minimum absolute atomic E-state index is 0.0705. The molecule has 0 amide bonds. The van der Waals surface area contributed by atoms with Crippen molar-refractivity contribution in [2.75, 3.05) is 26.8 Å². The second-order valence-electron chi connectivity index (χ2n) is 7.96. The summed E-state index contributed by atoms with van der Waals surface area (Å²) in [5.41, 5.74) is 1.09. The molecule has 3 aliphatic rings. The standard InChI is InChI=1S/C19H31NO4/c1-12-6-4-7-13-10-15-16(17(21)19(12,13)2)14(18(22)24-15)11-20-8-5-9-23-3/h7,12,14-17,20-21H,4-6,8-11H2,1-3H3/p+1/t12-,14-,15+,16+,17-,19+/m0/s1. The van der Waals surface area contributed by atoms with Crippen LogP contribution in [0.25, 0.3) is 0 Å². The Morgan fingerprint density at radius 3 is 3.04 bits per heavy atom. The van der Waals surface area contributed by atoms with Gasteiger partial charge in [-0.3, -0.25) is 4.79 Å². The van der Waals surface area contributed by atoms with Gasteiger partial charge in [0.25, 0.3) is 0 Å². The summed E-state index contributed by atoms with van der Waals surface area (Å²) < 4.78 is 10.7. The number of carbonyl (C=O) groups excluding carboxylic acids is 1. The smallest absolute Gasteiger partial charge is 0.315 e. The number of nitrogens with two attached hydrogens (primary N) is 1. The van der Waals surface area contributed by atoms with Crippen molar-refractivity contribution < 1.29 is 24.7 Å². The zero-order valence-corrected chi connectivity index (χ0v) is 15.2. The first-order valence-electron chi connectivity index (χ1n) is 9.38. The Morgan fingerprint density at radius 2 is 2.29 bits per heavy atom. The van der Waals surface area contributed by atoms with Gasteiger partial charge in [-0.15, -0.1) is 0 Å². The predicted octanol–water partition coefficient (Wildman–Crippen LogP) is 0.871. The first-order chi connectivity index (χ1) is 11.5. The minimum Gasteiger partial charge on any atom is -0.461 e. The van der Waals surface area contributed by atoms with Crippen LogP contribution < -0.4 is 5.32 Å². The molecule has 1 aliphatic heterocycles. The van der Waals surface area contributed by atoms with Crippen molar-refractivity contribution >= 4 is 5.97 Å². The Morgan fingerprint density at radius 1 is 1.50 bits per heavy atom. The molecule has 3 rings (SSSR count). The number of fused-ring (bicyclic) bond motifs is 2. The number of aliphatic hydroxyl groups excluding tert-OH is 1. The molecule has 2 fully saturated rings. The highest BCUT2D eigenvalue weighted by Gasteiger charge is 2.60. The molecule has 0 radical (unpaired) electrons. The molecular weight excluding hydrogens is 306 g/mol. The molecular formula is C19H32NO4+. The molecule has 0 aromatic heterocycles. The molecule has 1 saturated heterocycles. The third-order valence-electron chi connectivity index (χ3n) is 6.75. The van der Waals surface area contributed by atoms with Crippen LogP contribution in [0.3, 0.4) is 0 Å². The van der Waals surface area contributed by atoms with E-state index in [1.807, 2.05) is 0 Å². The van der Waals surface area contributed by atoms with Gasteiger partial charge in [0.2, 0.25) is 0 Å². The fourth-order valence-electron chi connectivity index (χ4n) is 5.00. The highest BCUT2D eigenvalue weighted by Crippen LogP contribution is 2.55. The number of carbonyl (C=O) groups is 1. The average molecular weight is 338 g/mol. The van der Waals surface area contributed by atoms with E-state index in [1.54, 1.807) is 7.11 Å². The Balaban J connectivity index is 1.72. The van der Waals surface area contributed by atoms with E-state index in [1.165, 1.54) is 5.57 Å². The molecule has 136 valence electrons. The summed E-state index contributed by atoms with van der Waals surface area (Å²) in [5.74, 6) is 0.0527. The van der Waals surface area contributed by atoms with Gasteiger partial charge in [0, 0.05) is 31.3 Å². The maximum absolute atomic E-state index is 12.4. The van der Waals surface area contributed by atoms with E-state index in [2.05, 4.69) is 25.2 Å². The summed E-state index contributed by atoms with van der Waals surface area (Å²) in [5, 5.41) is 13.4. The van der Waals surface area contributed by atoms with Gasteiger partial charge in [0.15, 0.2) is 0 Å². The Hall–Kier alpha value is -0.910. The largest absolute Gasteiger partial charge is 0.461 e. The SMILES string of the molecule is COCCC[NH2+]C[C@@H]1C(=O)O[C@@H]2CC3=CCC[C@H](C)[C@@]3(C)[C@@H](O)[C@H]12. The predicted molar refractivity (Wildman–Crippen MR) is 90.2 cm³/mol. The van der Waals surface area contributed by atoms with Crippen LogP contribution in [-0.2, 0) is 14.3 Å². The lowest BCUT2D eigenvalue weighted by Gasteiger charge is -2.51. The number of allylic oxidation sites excluding steroid dienone is 1. The van der Waals surface area contributed by atoms with E-state index < -0.39 is 6.10 Å². The maximum atomic E-state index is 12.4. The van der Waals surface area contributed by atoms with Gasteiger partial charge in [-0.2, -0.15) is 0 Å². The molecule has 24 heavy (non-hydrogen) atoms. The van der Waals surface area contributed by atoms with Gasteiger partial charge in [0.1, 0.15) is 12.0 Å². The normalized spacial score (nSPS) is 41.4. The summed E-state index contributed by atoms with van der Waals surface area (Å²) >= 11 is 0. The van der Waals surface area contributed by atoms with Crippen molar-refractivity contribution in [3.05, 3.63) is 11.6 Å². The van der Waals surface area contributed by atoms with Crippen LogP contribution in [0, 0.1) is 23.2 Å². The van der Waals surface area contributed by atoms with Crippen LogP contribution in [0.1, 0.15) is 39.5 Å². The van der Waals surface area contributed by atoms with Gasteiger partial charge in [0.05, 0.1) is 25.8 Å². The van der Waals surface area contributed by atoms with Crippen LogP contribution in [0.2, 0.25) is 0 Å². The topological polar surface area (TPSA) is 72.4 Å². The number of methoxy groups -OCH3 is 1. The summed E-state index contributed by atoms with van der Waals surface area (Å²) in [6.45, 7) is 6.80. The monoisotopic (exact) mass is 338 g/mol. The summed E-state index contributed by atoms with van der Waals surface area (Å²) in [6, 6.07) is 0. The first kappa shape index (κ1) is 17.9. The highest BCUT2D eigenvalue weighted by atomic mass is 16.6. The van der Waals surface area contributed by atoms with Crippen molar-refractivity contribution in [3.63, 3.8) is 0 Å². The second-order valence-corrected chi connectivity index (χ2v) is 7.96. The average Bonchev–Trinajstić information content (AvgIpc) is 2.86. The molecule has 5 nitrogen and oxygen atoms in total. The molecule has 1 saturated carbocycles. The minimum atomic E-state index is -0.498. The Kier molecular flexibility index (Phi) is 5.33. The van der Waals surface area contributed by atoms with E-state index in [9.17, 15) is 9.90 Å². The van der Waals surface area contributed by atoms with E-state index in [-0.39, 0.29) is 29.3 Å². The first-order valence-corrected chi connectivity index (χ1v) is 9.38.